The average molecular weight is 625 g/mol. The number of nitrogens with two attached hydrogens (primary N) is 2. The number of carbonyl (C=O) groups excluding carboxylic acids is 4. The number of nitrogens with one attached hydrogen (secondary N) is 3. The molecule has 5 atom stereocenters. The van der Waals surface area contributed by atoms with Crippen LogP contribution in [0.15, 0.2) is 85.1 Å². The first-order chi connectivity index (χ1) is 22.1. The molecule has 0 radical (unpaired) electrons. The van der Waals surface area contributed by atoms with E-state index in [2.05, 4.69) is 15.6 Å². The van der Waals surface area contributed by atoms with E-state index in [1.54, 1.807) is 18.3 Å². The number of benzene rings is 3. The van der Waals surface area contributed by atoms with E-state index in [-0.39, 0.29) is 24.5 Å². The number of aromatic nitrogens is 1. The normalized spacial score (nSPS) is 17.2. The van der Waals surface area contributed by atoms with Gasteiger partial charge in [-0.3, -0.25) is 19.2 Å². The molecule has 0 saturated carbocycles. The van der Waals surface area contributed by atoms with Crippen molar-refractivity contribution in [3.63, 3.8) is 0 Å². The van der Waals surface area contributed by atoms with Crippen LogP contribution in [0.4, 0.5) is 0 Å². The lowest BCUT2D eigenvalue weighted by atomic mass is 9.92. The van der Waals surface area contributed by atoms with E-state index in [1.807, 2.05) is 61.5 Å². The molecule has 1 saturated heterocycles. The van der Waals surface area contributed by atoms with Gasteiger partial charge in [0.15, 0.2) is 0 Å². The molecular formula is C35H40N6O5. The van der Waals surface area contributed by atoms with Crippen LogP contribution in [0.25, 0.3) is 10.9 Å². The number of nitrogens with zero attached hydrogens (tertiary/aromatic N) is 1. The molecule has 3 aromatic carbocycles. The number of aromatic hydroxyl groups is 1. The number of H-pyrrole nitrogens is 1. The summed E-state index contributed by atoms with van der Waals surface area (Å²) in [5, 5.41) is 16.1. The van der Waals surface area contributed by atoms with Gasteiger partial charge in [-0.1, -0.05) is 67.6 Å². The van der Waals surface area contributed by atoms with Crippen LogP contribution in [0.3, 0.4) is 0 Å². The highest BCUT2D eigenvalue weighted by molar-refractivity contribution is 5.96. The van der Waals surface area contributed by atoms with E-state index in [0.717, 1.165) is 27.6 Å². The maximum atomic E-state index is 13.9. The van der Waals surface area contributed by atoms with Gasteiger partial charge < -0.3 is 37.1 Å². The van der Waals surface area contributed by atoms with Gasteiger partial charge in [0.1, 0.15) is 23.9 Å². The van der Waals surface area contributed by atoms with Gasteiger partial charge in [0.25, 0.3) is 0 Å². The number of phenolic OH excluding ortho intramolecular Hbond substituents is 1. The largest absolute Gasteiger partial charge is 0.508 e. The van der Waals surface area contributed by atoms with Gasteiger partial charge in [0.2, 0.25) is 23.6 Å². The smallest absolute Gasteiger partial charge is 0.243 e. The van der Waals surface area contributed by atoms with Crippen LogP contribution in [-0.4, -0.2) is 69.3 Å². The van der Waals surface area contributed by atoms with Crippen LogP contribution in [0.2, 0.25) is 0 Å². The summed E-state index contributed by atoms with van der Waals surface area (Å²) in [6.45, 7) is 2.17. The number of phenols is 1. The molecule has 1 aromatic heterocycles. The summed E-state index contributed by atoms with van der Waals surface area (Å²) >= 11 is 0. The highest BCUT2D eigenvalue weighted by atomic mass is 16.3. The number of primary amides is 1. The summed E-state index contributed by atoms with van der Waals surface area (Å²) in [5.41, 5.74) is 15.3. The zero-order valence-corrected chi connectivity index (χ0v) is 25.7. The summed E-state index contributed by atoms with van der Waals surface area (Å²) < 4.78 is 0. The first-order valence-electron chi connectivity index (χ1n) is 15.5. The molecule has 240 valence electrons. The first kappa shape index (κ1) is 32.2. The van der Waals surface area contributed by atoms with Gasteiger partial charge in [0.05, 0.1) is 6.04 Å². The van der Waals surface area contributed by atoms with Crippen LogP contribution in [-0.2, 0) is 32.0 Å². The Balaban J connectivity index is 1.35. The first-order valence-corrected chi connectivity index (χ1v) is 15.5. The molecule has 1 aliphatic heterocycles. The summed E-state index contributed by atoms with van der Waals surface area (Å²) in [7, 11) is 0. The lowest BCUT2D eigenvalue weighted by Crippen LogP contribution is -2.58. The highest BCUT2D eigenvalue weighted by Crippen LogP contribution is 2.23. The molecule has 1 fully saturated rings. The van der Waals surface area contributed by atoms with E-state index in [9.17, 15) is 24.3 Å². The fraction of sp³-hybridized carbons (Fsp3) is 0.314. The maximum absolute atomic E-state index is 13.9. The summed E-state index contributed by atoms with van der Waals surface area (Å²) in [6, 6.07) is 19.5. The number of rotatable bonds is 12. The minimum absolute atomic E-state index is 0.114. The van der Waals surface area contributed by atoms with Crippen molar-refractivity contribution >= 4 is 34.5 Å². The molecule has 46 heavy (non-hydrogen) atoms. The topological polar surface area (TPSA) is 184 Å². The molecule has 8 N–H and O–H groups in total. The minimum Gasteiger partial charge on any atom is -0.508 e. The van der Waals surface area contributed by atoms with Gasteiger partial charge in [-0.2, -0.15) is 0 Å². The van der Waals surface area contributed by atoms with Crippen molar-refractivity contribution in [2.75, 3.05) is 6.54 Å². The average Bonchev–Trinajstić information content (AvgIpc) is 3.72. The molecule has 0 aliphatic carbocycles. The van der Waals surface area contributed by atoms with Crippen molar-refractivity contribution in [2.45, 2.75) is 62.7 Å². The predicted molar refractivity (Wildman–Crippen MR) is 174 cm³/mol. The Hall–Kier alpha value is -5.16. The van der Waals surface area contributed by atoms with Crippen molar-refractivity contribution in [2.24, 2.45) is 11.5 Å². The molecule has 11 heteroatoms. The Morgan fingerprint density at radius 2 is 1.65 bits per heavy atom. The van der Waals surface area contributed by atoms with E-state index < -0.39 is 47.8 Å². The second kappa shape index (κ2) is 14.3. The number of para-hydroxylation sites is 1. The summed E-state index contributed by atoms with van der Waals surface area (Å²) in [5.74, 6) is -2.42. The van der Waals surface area contributed by atoms with E-state index in [4.69, 9.17) is 11.5 Å². The summed E-state index contributed by atoms with van der Waals surface area (Å²) in [4.78, 5) is 58.4. The molecule has 4 amide bonds. The Morgan fingerprint density at radius 3 is 2.37 bits per heavy atom. The molecule has 2 heterocycles. The molecule has 4 aromatic rings. The predicted octanol–water partition coefficient (Wildman–Crippen LogP) is 2.24. The number of fused-ring (bicyclic) bond motifs is 1. The zero-order chi connectivity index (χ0) is 32.8. The van der Waals surface area contributed by atoms with Crippen LogP contribution < -0.4 is 22.1 Å². The van der Waals surface area contributed by atoms with E-state index >= 15 is 0 Å². The van der Waals surface area contributed by atoms with Crippen LogP contribution in [0.1, 0.15) is 42.4 Å². The highest BCUT2D eigenvalue weighted by Gasteiger charge is 2.38. The number of aromatic amines is 1. The number of hydrogen-bond acceptors (Lipinski definition) is 6. The number of amides is 4. The molecule has 0 spiro atoms. The van der Waals surface area contributed by atoms with E-state index in [0.29, 0.717) is 19.4 Å². The van der Waals surface area contributed by atoms with Crippen molar-refractivity contribution in [1.82, 2.24) is 20.5 Å². The van der Waals surface area contributed by atoms with Crippen LogP contribution >= 0.6 is 0 Å². The van der Waals surface area contributed by atoms with E-state index in [1.165, 1.54) is 17.0 Å². The van der Waals surface area contributed by atoms with Gasteiger partial charge in [-0.15, -0.1) is 0 Å². The fourth-order valence-electron chi connectivity index (χ4n) is 6.13. The zero-order valence-electron chi connectivity index (χ0n) is 25.7. The molecule has 5 rings (SSSR count). The standard InChI is InChI=1S/C35H40N6O5/c1-21(23-8-3-2-4-9-23)31(32(37)43)40-33(44)29(19-24-20-38-28-11-6-5-10-26(24)28)39-34(45)30-12-7-17-41(30)35(46)27(36)18-22-13-15-25(42)16-14-22/h2-6,8-11,13-16,20-21,27,29-31,38,42H,7,12,17-19,36H2,1H3,(H2,37,43)(H,39,45)(H,40,44)/t21-,27-,29-,30-,31-/m0/s1. The Bertz CT molecular complexity index is 1690. The Morgan fingerprint density at radius 1 is 0.957 bits per heavy atom. The van der Waals surface area contributed by atoms with Crippen molar-refractivity contribution in [3.05, 3.63) is 102 Å². The van der Waals surface area contributed by atoms with Crippen molar-refractivity contribution in [1.29, 1.82) is 0 Å². The lowest BCUT2D eigenvalue weighted by molar-refractivity contribution is -0.140. The fourth-order valence-corrected chi connectivity index (χ4v) is 6.13. The Kier molecular flexibility index (Phi) is 10.0. The number of carbonyl (C=O) groups is 4. The quantitative estimate of drug-likeness (QED) is 0.140. The van der Waals surface area contributed by atoms with Gasteiger partial charge >= 0.3 is 0 Å². The minimum atomic E-state index is -1.07. The third kappa shape index (κ3) is 7.37. The maximum Gasteiger partial charge on any atom is 0.243 e. The molecule has 0 bridgehead atoms. The monoisotopic (exact) mass is 624 g/mol. The Labute approximate surface area is 267 Å². The van der Waals surface area contributed by atoms with Crippen LogP contribution in [0.5, 0.6) is 5.75 Å². The number of likely N-dealkylation sites (tertiary alicyclic amines) is 1. The third-order valence-electron chi connectivity index (χ3n) is 8.71. The number of hydrogen-bond donors (Lipinski definition) is 6. The second-order valence-corrected chi connectivity index (χ2v) is 11.9. The SMILES string of the molecule is C[C@@H](c1ccccc1)[C@H](NC(=O)[C@H](Cc1c[nH]c2ccccc12)NC(=O)[C@@H]1CCCN1C(=O)[C@@H](N)Cc1ccc(O)cc1)C(N)=O. The van der Waals surface area contributed by atoms with Crippen molar-refractivity contribution < 1.29 is 24.3 Å². The van der Waals surface area contributed by atoms with Crippen LogP contribution in [0, 0.1) is 0 Å². The molecule has 1 aliphatic rings. The van der Waals surface area contributed by atoms with Gasteiger partial charge in [-0.05, 0) is 54.2 Å². The second-order valence-electron chi connectivity index (χ2n) is 11.9. The van der Waals surface area contributed by atoms with Gasteiger partial charge in [0, 0.05) is 36.0 Å². The molecular weight excluding hydrogens is 584 g/mol. The molecule has 11 nitrogen and oxygen atoms in total. The molecule has 0 unspecified atom stereocenters. The van der Waals surface area contributed by atoms with Gasteiger partial charge in [-0.25, -0.2) is 0 Å². The third-order valence-corrected chi connectivity index (χ3v) is 8.71. The lowest BCUT2D eigenvalue weighted by Gasteiger charge is -2.29. The van der Waals surface area contributed by atoms with Crippen molar-refractivity contribution in [3.8, 4) is 5.75 Å². The summed E-state index contributed by atoms with van der Waals surface area (Å²) in [6.07, 6.45) is 3.19.